The zero-order valence-corrected chi connectivity index (χ0v) is 21.0. The lowest BCUT2D eigenvalue weighted by Crippen LogP contribution is -2.31. The van der Waals surface area contributed by atoms with Crippen molar-refractivity contribution in [2.24, 2.45) is 0 Å². The average molecular weight is 510 g/mol. The number of aromatic nitrogens is 2. The Morgan fingerprint density at radius 1 is 1.06 bits per heavy atom. The van der Waals surface area contributed by atoms with Gasteiger partial charge in [0, 0.05) is 17.5 Å². The quantitative estimate of drug-likeness (QED) is 0.352. The summed E-state index contributed by atoms with van der Waals surface area (Å²) in [5, 5.41) is 24.7. The molecule has 0 saturated carbocycles. The monoisotopic (exact) mass is 509 g/mol. The molecular formula is C26H24ClN3O4S. The van der Waals surface area contributed by atoms with Crippen molar-refractivity contribution < 1.29 is 19.8 Å². The van der Waals surface area contributed by atoms with Crippen LogP contribution in [0.2, 0.25) is 5.02 Å². The molecule has 4 rings (SSSR count). The lowest BCUT2D eigenvalue weighted by atomic mass is 10.1. The number of rotatable bonds is 7. The van der Waals surface area contributed by atoms with Gasteiger partial charge in [-0.1, -0.05) is 35.9 Å². The lowest BCUT2D eigenvalue weighted by Gasteiger charge is -2.14. The highest BCUT2D eigenvalue weighted by Gasteiger charge is 2.24. The van der Waals surface area contributed by atoms with Crippen LogP contribution in [0.3, 0.4) is 0 Å². The number of carbonyl (C=O) groups excluding carboxylic acids is 1. The number of carboxylic acid groups (broad SMARTS) is 1. The van der Waals surface area contributed by atoms with E-state index >= 15 is 0 Å². The number of halogens is 1. The van der Waals surface area contributed by atoms with Gasteiger partial charge in [-0.3, -0.25) is 9.59 Å². The molecule has 0 unspecified atom stereocenters. The number of hydrogen-bond donors (Lipinski definition) is 2. The summed E-state index contributed by atoms with van der Waals surface area (Å²) in [4.78, 5) is 26.4. The number of hydrogen-bond acceptors (Lipinski definition) is 5. The van der Waals surface area contributed by atoms with Gasteiger partial charge in [0.25, 0.3) is 5.91 Å². The van der Waals surface area contributed by atoms with Gasteiger partial charge in [0.2, 0.25) is 0 Å². The number of nitrogens with zero attached hydrogens (tertiary/aromatic N) is 3. The number of likely N-dealkylation sites (N-methyl/N-ethyl adjacent to an activating group) is 1. The van der Waals surface area contributed by atoms with Crippen LogP contribution in [0.25, 0.3) is 26.7 Å². The topological polar surface area (TPSA) is 95.7 Å². The molecule has 0 aliphatic rings. The van der Waals surface area contributed by atoms with Crippen molar-refractivity contribution in [2.75, 3.05) is 13.6 Å². The maximum atomic E-state index is 12.4. The van der Waals surface area contributed by atoms with Crippen LogP contribution in [0.15, 0.2) is 66.7 Å². The summed E-state index contributed by atoms with van der Waals surface area (Å²) in [5.41, 5.74) is 2.25. The second kappa shape index (κ2) is 9.65. The van der Waals surface area contributed by atoms with Crippen LogP contribution >= 0.6 is 22.9 Å². The molecule has 180 valence electrons. The van der Waals surface area contributed by atoms with E-state index < -0.39 is 11.6 Å². The van der Waals surface area contributed by atoms with Crippen molar-refractivity contribution in [3.63, 3.8) is 0 Å². The molecule has 2 heterocycles. The van der Waals surface area contributed by atoms with Gasteiger partial charge in [0.1, 0.15) is 12.1 Å². The molecule has 7 nitrogen and oxygen atoms in total. The minimum absolute atomic E-state index is 0.353. The molecular weight excluding hydrogens is 486 g/mol. The molecule has 35 heavy (non-hydrogen) atoms. The van der Waals surface area contributed by atoms with E-state index in [1.807, 2.05) is 48.5 Å². The summed E-state index contributed by atoms with van der Waals surface area (Å²) in [6.07, 6.45) is 0. The highest BCUT2D eigenvalue weighted by atomic mass is 35.5. The fourth-order valence-electron chi connectivity index (χ4n) is 3.57. The van der Waals surface area contributed by atoms with Gasteiger partial charge in [-0.15, -0.1) is 11.3 Å². The average Bonchev–Trinajstić information content (AvgIpc) is 3.46. The van der Waals surface area contributed by atoms with Gasteiger partial charge in [-0.05, 0) is 61.9 Å². The highest BCUT2D eigenvalue weighted by Crippen LogP contribution is 2.38. The molecule has 0 aliphatic heterocycles. The number of thiophene rings is 1. The fourth-order valence-corrected chi connectivity index (χ4v) is 4.79. The molecule has 0 saturated heterocycles. The second-order valence-corrected chi connectivity index (χ2v) is 10.1. The zero-order valence-electron chi connectivity index (χ0n) is 19.4. The third kappa shape index (κ3) is 5.30. The van der Waals surface area contributed by atoms with E-state index in [9.17, 15) is 14.7 Å². The van der Waals surface area contributed by atoms with Gasteiger partial charge in [-0.2, -0.15) is 5.10 Å². The molecule has 0 radical (unpaired) electrons. The van der Waals surface area contributed by atoms with Crippen molar-refractivity contribution in [1.82, 2.24) is 14.7 Å². The summed E-state index contributed by atoms with van der Waals surface area (Å²) in [6, 6.07) is 20.3. The number of carboxylic acids is 1. The summed E-state index contributed by atoms with van der Waals surface area (Å²) < 4.78 is 1.74. The number of aliphatic hydroxyl groups is 1. The van der Waals surface area contributed by atoms with E-state index in [1.54, 1.807) is 48.1 Å². The Morgan fingerprint density at radius 3 is 2.34 bits per heavy atom. The second-order valence-electron chi connectivity index (χ2n) is 8.63. The van der Waals surface area contributed by atoms with Crippen LogP contribution in [0.4, 0.5) is 0 Å². The standard InChI is InChI=1S/C26H24ClN3O4S/c1-26(2,34)23-14-20(30(28-23)19-7-5-4-6-18(19)27)22-13-12-21(35-22)16-8-10-17(11-9-16)25(33)29(3)15-24(31)32/h4-14,34H,15H2,1-3H3,(H,31,32). The van der Waals surface area contributed by atoms with E-state index in [0.29, 0.717) is 22.0 Å². The lowest BCUT2D eigenvalue weighted by molar-refractivity contribution is -0.137. The highest BCUT2D eigenvalue weighted by molar-refractivity contribution is 7.18. The first kappa shape index (κ1) is 24.7. The first-order chi connectivity index (χ1) is 16.5. The van der Waals surface area contributed by atoms with Crippen molar-refractivity contribution in [3.8, 4) is 26.7 Å². The third-order valence-corrected chi connectivity index (χ3v) is 6.89. The Hall–Kier alpha value is -3.46. The van der Waals surface area contributed by atoms with Crippen molar-refractivity contribution in [3.05, 3.63) is 83.0 Å². The molecule has 0 aliphatic carbocycles. The van der Waals surface area contributed by atoms with E-state index in [-0.39, 0.29) is 12.5 Å². The molecule has 9 heteroatoms. The Balaban J connectivity index is 1.67. The number of benzene rings is 2. The summed E-state index contributed by atoms with van der Waals surface area (Å²) >= 11 is 8.00. The molecule has 2 N–H and O–H groups in total. The van der Waals surface area contributed by atoms with Crippen molar-refractivity contribution in [2.45, 2.75) is 19.4 Å². The summed E-state index contributed by atoms with van der Waals surface area (Å²) in [5.74, 6) is -1.42. The Bertz CT molecular complexity index is 1390. The van der Waals surface area contributed by atoms with E-state index in [4.69, 9.17) is 16.7 Å². The minimum Gasteiger partial charge on any atom is -0.480 e. The molecule has 0 spiro atoms. The van der Waals surface area contributed by atoms with Crippen LogP contribution in [-0.2, 0) is 10.4 Å². The van der Waals surface area contributed by atoms with Gasteiger partial charge < -0.3 is 15.1 Å². The zero-order chi connectivity index (χ0) is 25.3. The minimum atomic E-state index is -1.13. The SMILES string of the molecule is CN(CC(=O)O)C(=O)c1ccc(-c2ccc(-c3cc(C(C)(C)O)nn3-c3ccccc3Cl)s2)cc1. The van der Waals surface area contributed by atoms with Crippen LogP contribution in [0.1, 0.15) is 29.9 Å². The Labute approximate surface area is 211 Å². The number of aliphatic carboxylic acids is 1. The van der Waals surface area contributed by atoms with E-state index in [0.717, 1.165) is 25.9 Å². The largest absolute Gasteiger partial charge is 0.480 e. The first-order valence-corrected chi connectivity index (χ1v) is 12.0. The van der Waals surface area contributed by atoms with E-state index in [2.05, 4.69) is 5.10 Å². The molecule has 0 bridgehead atoms. The molecule has 0 fully saturated rings. The van der Waals surface area contributed by atoms with Crippen LogP contribution in [0, 0.1) is 0 Å². The molecule has 2 aromatic carbocycles. The first-order valence-electron chi connectivity index (χ1n) is 10.8. The number of amides is 1. The molecule has 4 aromatic rings. The predicted molar refractivity (Wildman–Crippen MR) is 137 cm³/mol. The smallest absolute Gasteiger partial charge is 0.323 e. The number of carbonyl (C=O) groups is 2. The summed E-state index contributed by atoms with van der Waals surface area (Å²) in [7, 11) is 1.46. The Morgan fingerprint density at radius 2 is 1.71 bits per heavy atom. The van der Waals surface area contributed by atoms with Crippen LogP contribution < -0.4 is 0 Å². The maximum Gasteiger partial charge on any atom is 0.323 e. The molecule has 0 atom stereocenters. The third-order valence-electron chi connectivity index (χ3n) is 5.41. The predicted octanol–water partition coefficient (Wildman–Crippen LogP) is 5.31. The maximum absolute atomic E-state index is 12.4. The normalized spacial score (nSPS) is 11.5. The number of para-hydroxylation sites is 1. The van der Waals surface area contributed by atoms with Crippen molar-refractivity contribution in [1.29, 1.82) is 0 Å². The van der Waals surface area contributed by atoms with Crippen molar-refractivity contribution >= 4 is 34.8 Å². The fraction of sp³-hybridized carbons (Fsp3) is 0.192. The Kier molecular flexibility index (Phi) is 6.80. The summed E-state index contributed by atoms with van der Waals surface area (Å²) in [6.45, 7) is 3.01. The van der Waals surface area contributed by atoms with Gasteiger partial charge in [-0.25, -0.2) is 4.68 Å². The van der Waals surface area contributed by atoms with Gasteiger partial charge >= 0.3 is 5.97 Å². The van der Waals surface area contributed by atoms with Gasteiger partial charge in [0.05, 0.1) is 27.0 Å². The van der Waals surface area contributed by atoms with E-state index in [1.165, 1.54) is 7.05 Å². The van der Waals surface area contributed by atoms with Crippen LogP contribution in [-0.4, -0.2) is 50.4 Å². The van der Waals surface area contributed by atoms with Gasteiger partial charge in [0.15, 0.2) is 0 Å². The molecule has 2 aromatic heterocycles. The molecule has 1 amide bonds. The van der Waals surface area contributed by atoms with Crippen LogP contribution in [0.5, 0.6) is 0 Å².